The number of imidazole rings is 1. The summed E-state index contributed by atoms with van der Waals surface area (Å²) in [5.41, 5.74) is 0.918. The number of nitriles is 1. The van der Waals surface area contributed by atoms with Gasteiger partial charge in [0.1, 0.15) is 6.07 Å². The Morgan fingerprint density at radius 2 is 2.06 bits per heavy atom. The fourth-order valence-electron chi connectivity index (χ4n) is 1.36. The van der Waals surface area contributed by atoms with Crippen molar-refractivity contribution in [2.24, 2.45) is 0 Å². The van der Waals surface area contributed by atoms with Crippen LogP contribution in [-0.4, -0.2) is 20.6 Å². The quantitative estimate of drug-likeness (QED) is 0.818. The van der Waals surface area contributed by atoms with E-state index in [0.717, 1.165) is 0 Å². The molecule has 2 aromatic rings. The molecule has 0 saturated carbocycles. The van der Waals surface area contributed by atoms with Crippen LogP contribution in [0.2, 0.25) is 0 Å². The summed E-state index contributed by atoms with van der Waals surface area (Å²) in [5, 5.41) is 17.5. The summed E-state index contributed by atoms with van der Waals surface area (Å²) in [4.78, 5) is 14.5. The number of aromatic nitrogens is 2. The first-order valence-corrected chi connectivity index (χ1v) is 4.49. The van der Waals surface area contributed by atoms with Crippen LogP contribution < -0.4 is 0 Å². The van der Waals surface area contributed by atoms with E-state index in [1.54, 1.807) is 22.9 Å². The fourth-order valence-corrected chi connectivity index (χ4v) is 1.36. The maximum atomic E-state index is 10.7. The lowest BCUT2D eigenvalue weighted by atomic mass is 10.2. The Morgan fingerprint density at radius 3 is 2.62 bits per heavy atom. The van der Waals surface area contributed by atoms with Gasteiger partial charge in [0.05, 0.1) is 5.56 Å². The number of hydrogen-bond donors (Lipinski definition) is 1. The third-order valence-electron chi connectivity index (χ3n) is 2.13. The van der Waals surface area contributed by atoms with E-state index in [1.807, 2.05) is 6.07 Å². The molecular weight excluding hydrogens is 206 g/mol. The van der Waals surface area contributed by atoms with Gasteiger partial charge in [0.15, 0.2) is 0 Å². The Kier molecular flexibility index (Phi) is 2.40. The van der Waals surface area contributed by atoms with Crippen LogP contribution in [0.5, 0.6) is 0 Å². The number of carboxylic acid groups (broad SMARTS) is 1. The second kappa shape index (κ2) is 3.87. The molecule has 0 fully saturated rings. The summed E-state index contributed by atoms with van der Waals surface area (Å²) in [6, 6.07) is 8.18. The number of nitrogens with zero attached hydrogens (tertiary/aromatic N) is 3. The van der Waals surface area contributed by atoms with E-state index in [4.69, 9.17) is 10.4 Å². The lowest BCUT2D eigenvalue weighted by molar-refractivity contribution is 0.0697. The van der Waals surface area contributed by atoms with Crippen LogP contribution in [0.4, 0.5) is 0 Å². The first kappa shape index (κ1) is 9.93. The van der Waals surface area contributed by atoms with Gasteiger partial charge >= 0.3 is 5.97 Å². The monoisotopic (exact) mass is 213 g/mol. The molecule has 0 aliphatic rings. The molecule has 5 nitrogen and oxygen atoms in total. The molecule has 0 aliphatic carbocycles. The molecule has 0 aliphatic heterocycles. The molecule has 0 atom stereocenters. The van der Waals surface area contributed by atoms with Gasteiger partial charge in [-0.3, -0.25) is 4.57 Å². The molecule has 0 spiro atoms. The molecule has 1 heterocycles. The van der Waals surface area contributed by atoms with Gasteiger partial charge in [-0.15, -0.1) is 0 Å². The average molecular weight is 213 g/mol. The van der Waals surface area contributed by atoms with Crippen molar-refractivity contribution in [3.05, 3.63) is 48.0 Å². The summed E-state index contributed by atoms with van der Waals surface area (Å²) >= 11 is 0. The summed E-state index contributed by atoms with van der Waals surface area (Å²) in [6.45, 7) is 0. The van der Waals surface area contributed by atoms with E-state index in [1.165, 1.54) is 18.3 Å². The summed E-state index contributed by atoms with van der Waals surface area (Å²) in [7, 11) is 0. The van der Waals surface area contributed by atoms with Gasteiger partial charge in [-0.1, -0.05) is 0 Å². The highest BCUT2D eigenvalue weighted by molar-refractivity contribution is 5.87. The average Bonchev–Trinajstić information content (AvgIpc) is 2.77. The van der Waals surface area contributed by atoms with Crippen molar-refractivity contribution in [3.8, 4) is 11.8 Å². The first-order chi connectivity index (χ1) is 7.72. The molecule has 5 heteroatoms. The van der Waals surface area contributed by atoms with Crippen LogP contribution in [0.15, 0.2) is 36.7 Å². The predicted octanol–water partition coefficient (Wildman–Crippen LogP) is 1.44. The van der Waals surface area contributed by atoms with E-state index >= 15 is 0 Å². The van der Waals surface area contributed by atoms with Gasteiger partial charge in [-0.05, 0) is 24.3 Å². The molecule has 0 unspecified atom stereocenters. The molecule has 78 valence electrons. The van der Waals surface area contributed by atoms with Crippen molar-refractivity contribution in [2.45, 2.75) is 0 Å². The SMILES string of the molecule is N#Cc1nccn1-c1ccc(C(=O)O)cc1. The molecule has 0 bridgehead atoms. The van der Waals surface area contributed by atoms with E-state index in [0.29, 0.717) is 5.69 Å². The van der Waals surface area contributed by atoms with Gasteiger partial charge < -0.3 is 5.11 Å². The fraction of sp³-hybridized carbons (Fsp3) is 0. The van der Waals surface area contributed by atoms with Crippen LogP contribution in [0.3, 0.4) is 0 Å². The first-order valence-electron chi connectivity index (χ1n) is 4.49. The molecule has 0 amide bonds. The van der Waals surface area contributed by atoms with Crippen LogP contribution >= 0.6 is 0 Å². The van der Waals surface area contributed by atoms with E-state index in [9.17, 15) is 4.79 Å². The van der Waals surface area contributed by atoms with Crippen molar-refractivity contribution in [3.63, 3.8) is 0 Å². The van der Waals surface area contributed by atoms with Crippen LogP contribution in [-0.2, 0) is 0 Å². The molecule has 1 aromatic carbocycles. The lowest BCUT2D eigenvalue weighted by Crippen LogP contribution is -1.99. The van der Waals surface area contributed by atoms with Gasteiger partial charge in [-0.25, -0.2) is 9.78 Å². The largest absolute Gasteiger partial charge is 0.478 e. The normalized spacial score (nSPS) is 9.69. The van der Waals surface area contributed by atoms with E-state index < -0.39 is 5.97 Å². The second-order valence-electron chi connectivity index (χ2n) is 3.08. The minimum atomic E-state index is -0.974. The zero-order valence-corrected chi connectivity index (χ0v) is 8.16. The number of hydrogen-bond acceptors (Lipinski definition) is 3. The molecule has 1 aromatic heterocycles. The Balaban J connectivity index is 2.43. The van der Waals surface area contributed by atoms with Crippen LogP contribution in [0, 0.1) is 11.3 Å². The standard InChI is InChI=1S/C11H7N3O2/c12-7-10-13-5-6-14(10)9-3-1-8(2-4-9)11(15)16/h1-6H,(H,15,16). The van der Waals surface area contributed by atoms with E-state index in [2.05, 4.69) is 4.98 Å². The zero-order chi connectivity index (χ0) is 11.5. The Bertz CT molecular complexity index is 564. The highest BCUT2D eigenvalue weighted by atomic mass is 16.4. The number of rotatable bonds is 2. The molecule has 0 radical (unpaired) electrons. The number of benzene rings is 1. The summed E-state index contributed by atoms with van der Waals surface area (Å²) in [6.07, 6.45) is 3.16. The van der Waals surface area contributed by atoms with Crippen molar-refractivity contribution in [1.82, 2.24) is 9.55 Å². The maximum Gasteiger partial charge on any atom is 0.335 e. The van der Waals surface area contributed by atoms with Gasteiger partial charge in [-0.2, -0.15) is 5.26 Å². The van der Waals surface area contributed by atoms with Crippen molar-refractivity contribution < 1.29 is 9.90 Å². The smallest absolute Gasteiger partial charge is 0.335 e. The molecule has 0 saturated heterocycles. The summed E-state index contributed by atoms with van der Waals surface area (Å²) in [5.74, 6) is -0.708. The summed E-state index contributed by atoms with van der Waals surface area (Å²) < 4.78 is 1.59. The molecular formula is C11H7N3O2. The van der Waals surface area contributed by atoms with E-state index in [-0.39, 0.29) is 11.4 Å². The van der Waals surface area contributed by atoms with Crippen LogP contribution in [0.25, 0.3) is 5.69 Å². The van der Waals surface area contributed by atoms with Gasteiger partial charge in [0.25, 0.3) is 0 Å². The van der Waals surface area contributed by atoms with Crippen molar-refractivity contribution in [1.29, 1.82) is 5.26 Å². The lowest BCUT2D eigenvalue weighted by Gasteiger charge is -2.03. The second-order valence-corrected chi connectivity index (χ2v) is 3.08. The van der Waals surface area contributed by atoms with Crippen molar-refractivity contribution >= 4 is 5.97 Å². The topological polar surface area (TPSA) is 78.9 Å². The number of aromatic carboxylic acids is 1. The minimum absolute atomic E-state index is 0.211. The Hall–Kier alpha value is -2.61. The molecule has 1 N–H and O–H groups in total. The van der Waals surface area contributed by atoms with Crippen molar-refractivity contribution in [2.75, 3.05) is 0 Å². The maximum absolute atomic E-state index is 10.7. The van der Waals surface area contributed by atoms with Crippen LogP contribution in [0.1, 0.15) is 16.2 Å². The Labute approximate surface area is 91.2 Å². The third-order valence-corrected chi connectivity index (χ3v) is 2.13. The van der Waals surface area contributed by atoms with Gasteiger partial charge in [0, 0.05) is 18.1 Å². The highest BCUT2D eigenvalue weighted by Crippen LogP contribution is 2.11. The number of carboxylic acids is 1. The highest BCUT2D eigenvalue weighted by Gasteiger charge is 2.05. The zero-order valence-electron chi connectivity index (χ0n) is 8.16. The minimum Gasteiger partial charge on any atom is -0.478 e. The Morgan fingerprint density at radius 1 is 1.38 bits per heavy atom. The molecule has 16 heavy (non-hydrogen) atoms. The van der Waals surface area contributed by atoms with Gasteiger partial charge in [0.2, 0.25) is 5.82 Å². The predicted molar refractivity (Wildman–Crippen MR) is 55.2 cm³/mol. The third kappa shape index (κ3) is 1.64. The molecule has 2 rings (SSSR count). The number of carbonyl (C=O) groups is 1.